The second kappa shape index (κ2) is 4.71. The smallest absolute Gasteiger partial charge is 0.0725 e. The van der Waals surface area contributed by atoms with Crippen LogP contribution in [0, 0.1) is 0 Å². The van der Waals surface area contributed by atoms with Crippen LogP contribution in [0.4, 0.5) is 0 Å². The fourth-order valence-corrected chi connectivity index (χ4v) is 2.38. The quantitative estimate of drug-likeness (QED) is 0.617. The molecule has 0 aliphatic heterocycles. The molecule has 1 heterocycles. The van der Waals surface area contributed by atoms with E-state index in [4.69, 9.17) is 11.8 Å². The van der Waals surface area contributed by atoms with E-state index in [1.165, 1.54) is 5.56 Å². The zero-order chi connectivity index (χ0) is 12.4. The molecule has 0 saturated carbocycles. The average Bonchev–Trinajstić information content (AvgIpc) is 2.83. The number of aromatic nitrogens is 1. The molecule has 0 atom stereocenters. The lowest BCUT2D eigenvalue weighted by atomic mass is 10.0. The van der Waals surface area contributed by atoms with Gasteiger partial charge in [-0.15, -0.1) is 0 Å². The van der Waals surface area contributed by atoms with Crippen molar-refractivity contribution >= 4 is 11.8 Å². The van der Waals surface area contributed by atoms with Crippen LogP contribution in [-0.4, -0.2) is 4.09 Å². The maximum atomic E-state index is 6.25. The van der Waals surface area contributed by atoms with Crippen molar-refractivity contribution in [2.45, 2.75) is 0 Å². The molecule has 0 N–H and O–H groups in total. The van der Waals surface area contributed by atoms with Crippen molar-refractivity contribution in [3.05, 3.63) is 72.9 Å². The number of benzene rings is 2. The molecule has 0 bridgehead atoms. The van der Waals surface area contributed by atoms with Crippen molar-refractivity contribution in [2.75, 3.05) is 0 Å². The van der Waals surface area contributed by atoms with E-state index in [2.05, 4.69) is 24.3 Å². The van der Waals surface area contributed by atoms with Gasteiger partial charge in [-0.25, -0.2) is 0 Å². The monoisotopic (exact) mass is 253 g/mol. The predicted octanol–water partition coefficient (Wildman–Crippen LogP) is 4.82. The molecular weight excluding hydrogens is 242 g/mol. The molecule has 0 amide bonds. The molecule has 2 heteroatoms. The zero-order valence-electron chi connectivity index (χ0n) is 9.75. The third-order valence-corrected chi connectivity index (χ3v) is 3.25. The van der Waals surface area contributed by atoms with Crippen LogP contribution in [0.25, 0.3) is 22.4 Å². The highest BCUT2D eigenvalue weighted by atomic mass is 35.5. The molecular formula is C16H12ClN. The van der Waals surface area contributed by atoms with Gasteiger partial charge in [-0.3, -0.25) is 4.09 Å². The Labute approximate surface area is 111 Å². The Morgan fingerprint density at radius 3 is 1.83 bits per heavy atom. The van der Waals surface area contributed by atoms with Gasteiger partial charge in [0.1, 0.15) is 0 Å². The van der Waals surface area contributed by atoms with Crippen LogP contribution < -0.4 is 0 Å². The molecule has 0 aliphatic carbocycles. The SMILES string of the molecule is Cln1ccc(-c2ccccc2)c1-c1ccccc1. The Kier molecular flexibility index (Phi) is 2.91. The van der Waals surface area contributed by atoms with E-state index in [9.17, 15) is 0 Å². The van der Waals surface area contributed by atoms with Gasteiger partial charge in [0.15, 0.2) is 0 Å². The van der Waals surface area contributed by atoms with E-state index < -0.39 is 0 Å². The number of halogens is 1. The van der Waals surface area contributed by atoms with E-state index in [0.717, 1.165) is 16.8 Å². The molecule has 2 aromatic carbocycles. The van der Waals surface area contributed by atoms with Gasteiger partial charge in [0.25, 0.3) is 0 Å². The summed E-state index contributed by atoms with van der Waals surface area (Å²) in [6, 6.07) is 22.5. The summed E-state index contributed by atoms with van der Waals surface area (Å²) >= 11 is 6.25. The molecule has 0 spiro atoms. The van der Waals surface area contributed by atoms with Gasteiger partial charge >= 0.3 is 0 Å². The highest BCUT2D eigenvalue weighted by molar-refractivity contribution is 6.18. The Hall–Kier alpha value is -1.99. The molecule has 0 radical (unpaired) electrons. The fourth-order valence-electron chi connectivity index (χ4n) is 2.13. The van der Waals surface area contributed by atoms with E-state index in [1.54, 1.807) is 4.09 Å². The van der Waals surface area contributed by atoms with Crippen LogP contribution in [-0.2, 0) is 0 Å². The summed E-state index contributed by atoms with van der Waals surface area (Å²) in [6.07, 6.45) is 1.88. The predicted molar refractivity (Wildman–Crippen MR) is 76.6 cm³/mol. The molecule has 0 aliphatic rings. The minimum Gasteiger partial charge on any atom is -0.260 e. The maximum Gasteiger partial charge on any atom is 0.0725 e. The first-order chi connectivity index (χ1) is 8.86. The summed E-state index contributed by atoms with van der Waals surface area (Å²) in [5.41, 5.74) is 4.48. The van der Waals surface area contributed by atoms with E-state index in [1.807, 2.05) is 48.7 Å². The Balaban J connectivity index is 2.19. The third kappa shape index (κ3) is 1.93. The normalized spacial score (nSPS) is 10.5. The molecule has 0 fully saturated rings. The molecule has 3 aromatic rings. The van der Waals surface area contributed by atoms with Gasteiger partial charge in [0.05, 0.1) is 5.69 Å². The lowest BCUT2D eigenvalue weighted by Crippen LogP contribution is -1.86. The van der Waals surface area contributed by atoms with Crippen molar-refractivity contribution in [1.29, 1.82) is 0 Å². The van der Waals surface area contributed by atoms with Crippen LogP contribution in [0.2, 0.25) is 0 Å². The lowest BCUT2D eigenvalue weighted by molar-refractivity contribution is 1.27. The summed E-state index contributed by atoms with van der Waals surface area (Å²) < 4.78 is 1.65. The van der Waals surface area contributed by atoms with Crippen LogP contribution >= 0.6 is 11.8 Å². The standard InChI is InChI=1S/C16H12ClN/c17-18-12-11-15(13-7-3-1-4-8-13)16(18)14-9-5-2-6-10-14/h1-12H. The van der Waals surface area contributed by atoms with Gasteiger partial charge in [0.2, 0.25) is 0 Å². The number of hydrogen-bond acceptors (Lipinski definition) is 0. The molecule has 1 aromatic heterocycles. The summed E-state index contributed by atoms with van der Waals surface area (Å²) in [4.78, 5) is 0. The van der Waals surface area contributed by atoms with Crippen LogP contribution in [0.5, 0.6) is 0 Å². The van der Waals surface area contributed by atoms with Gasteiger partial charge < -0.3 is 0 Å². The number of nitrogens with zero attached hydrogens (tertiary/aromatic N) is 1. The summed E-state index contributed by atoms with van der Waals surface area (Å²) in [6.45, 7) is 0. The number of rotatable bonds is 2. The first-order valence-electron chi connectivity index (χ1n) is 5.84. The topological polar surface area (TPSA) is 4.93 Å². The van der Waals surface area contributed by atoms with Crippen molar-refractivity contribution in [2.24, 2.45) is 0 Å². The second-order valence-corrected chi connectivity index (χ2v) is 4.49. The van der Waals surface area contributed by atoms with E-state index >= 15 is 0 Å². The molecule has 0 saturated heterocycles. The maximum absolute atomic E-state index is 6.25. The van der Waals surface area contributed by atoms with Crippen LogP contribution in [0.3, 0.4) is 0 Å². The van der Waals surface area contributed by atoms with Crippen LogP contribution in [0.15, 0.2) is 72.9 Å². The van der Waals surface area contributed by atoms with E-state index in [-0.39, 0.29) is 0 Å². The summed E-state index contributed by atoms with van der Waals surface area (Å²) in [5, 5.41) is 0. The van der Waals surface area contributed by atoms with Gasteiger partial charge in [0, 0.05) is 29.1 Å². The fraction of sp³-hybridized carbons (Fsp3) is 0. The highest BCUT2D eigenvalue weighted by Crippen LogP contribution is 2.33. The molecule has 0 unspecified atom stereocenters. The Morgan fingerprint density at radius 1 is 0.667 bits per heavy atom. The minimum atomic E-state index is 1.03. The Bertz CT molecular complexity index is 641. The summed E-state index contributed by atoms with van der Waals surface area (Å²) in [5.74, 6) is 0. The first-order valence-corrected chi connectivity index (χ1v) is 6.18. The minimum absolute atomic E-state index is 1.03. The zero-order valence-corrected chi connectivity index (χ0v) is 10.5. The van der Waals surface area contributed by atoms with Crippen molar-refractivity contribution in [1.82, 2.24) is 4.09 Å². The third-order valence-electron chi connectivity index (χ3n) is 2.97. The second-order valence-electron chi connectivity index (χ2n) is 4.12. The van der Waals surface area contributed by atoms with Crippen molar-refractivity contribution < 1.29 is 0 Å². The first kappa shape index (κ1) is 11.1. The van der Waals surface area contributed by atoms with Crippen LogP contribution in [0.1, 0.15) is 0 Å². The van der Waals surface area contributed by atoms with Crippen molar-refractivity contribution in [3.63, 3.8) is 0 Å². The van der Waals surface area contributed by atoms with Gasteiger partial charge in [-0.2, -0.15) is 0 Å². The molecule has 3 rings (SSSR count). The Morgan fingerprint density at radius 2 is 1.22 bits per heavy atom. The average molecular weight is 254 g/mol. The van der Waals surface area contributed by atoms with Gasteiger partial charge in [-0.05, 0) is 11.6 Å². The molecule has 18 heavy (non-hydrogen) atoms. The van der Waals surface area contributed by atoms with E-state index in [0.29, 0.717) is 0 Å². The summed E-state index contributed by atoms with van der Waals surface area (Å²) in [7, 11) is 0. The molecule has 88 valence electrons. The lowest BCUT2D eigenvalue weighted by Gasteiger charge is -2.06. The van der Waals surface area contributed by atoms with Crippen molar-refractivity contribution in [3.8, 4) is 22.4 Å². The largest absolute Gasteiger partial charge is 0.260 e. The highest BCUT2D eigenvalue weighted by Gasteiger charge is 2.11. The molecule has 1 nitrogen and oxygen atoms in total. The van der Waals surface area contributed by atoms with Gasteiger partial charge in [-0.1, -0.05) is 60.7 Å². The number of hydrogen-bond donors (Lipinski definition) is 0.